The molecule has 1 rings (SSSR count). The molecule has 0 aliphatic carbocycles. The zero-order chi connectivity index (χ0) is 23.1. The third-order valence-corrected chi connectivity index (χ3v) is 7.44. The normalized spacial score (nSPS) is 11.6. The highest BCUT2D eigenvalue weighted by molar-refractivity contribution is 6.60. The highest BCUT2D eigenvalue weighted by Gasteiger charge is 2.39. The van der Waals surface area contributed by atoms with Gasteiger partial charge in [-0.25, -0.2) is 4.79 Å². The van der Waals surface area contributed by atoms with Gasteiger partial charge in [0.25, 0.3) is 0 Å². The first-order valence-electron chi connectivity index (χ1n) is 10.6. The van der Waals surface area contributed by atoms with Gasteiger partial charge in [-0.2, -0.15) is 0 Å². The molecule has 0 unspecified atom stereocenters. The van der Waals surface area contributed by atoms with Crippen molar-refractivity contribution in [1.29, 1.82) is 0 Å². The first-order chi connectivity index (χ1) is 14.9. The minimum Gasteiger partial charge on any atom is -0.493 e. The molecule has 9 heteroatoms. The van der Waals surface area contributed by atoms with Gasteiger partial charge in [-0.15, -0.1) is 0 Å². The molecule has 0 aromatic heterocycles. The van der Waals surface area contributed by atoms with Gasteiger partial charge in [-0.1, -0.05) is 12.5 Å². The summed E-state index contributed by atoms with van der Waals surface area (Å²) in [4.78, 5) is 23.0. The van der Waals surface area contributed by atoms with Crippen molar-refractivity contribution in [2.45, 2.75) is 52.5 Å². The van der Waals surface area contributed by atoms with E-state index in [1.807, 2.05) is 20.8 Å². The van der Waals surface area contributed by atoms with E-state index in [0.29, 0.717) is 43.6 Å². The first-order valence-corrected chi connectivity index (χ1v) is 12.5. The Bertz CT molecular complexity index is 702. The molecule has 0 heterocycles. The Morgan fingerprint density at radius 1 is 0.968 bits per heavy atom. The molecule has 0 bridgehead atoms. The molecule has 1 N–H and O–H groups in total. The number of carboxylic acid groups (broad SMARTS) is 1. The molecule has 0 aliphatic rings. The first kappa shape index (κ1) is 26.8. The maximum atomic E-state index is 12.3. The van der Waals surface area contributed by atoms with E-state index in [2.05, 4.69) is 0 Å². The predicted molar refractivity (Wildman–Crippen MR) is 119 cm³/mol. The third-order valence-electron chi connectivity index (χ3n) is 4.29. The van der Waals surface area contributed by atoms with Crippen molar-refractivity contribution in [2.24, 2.45) is 0 Å². The van der Waals surface area contributed by atoms with Crippen molar-refractivity contribution in [3.05, 3.63) is 29.8 Å². The number of benzene rings is 1. The second-order valence-corrected chi connectivity index (χ2v) is 9.33. The fourth-order valence-corrected chi connectivity index (χ4v) is 5.69. The molecule has 0 saturated heterocycles. The zero-order valence-electron chi connectivity index (χ0n) is 18.8. The van der Waals surface area contributed by atoms with Crippen LogP contribution in [-0.2, 0) is 22.9 Å². The van der Waals surface area contributed by atoms with Crippen molar-refractivity contribution >= 4 is 26.8 Å². The van der Waals surface area contributed by atoms with Crippen molar-refractivity contribution in [3.63, 3.8) is 0 Å². The standard InChI is InChI=1S/C22H34O8Si/c1-5-27-31(28-6-2,29-7-3)16-10-8-9-11-22(25)30-20-17-18(13-15-21(23)24)12-14-19(20)26-4/h12-15,17H,5-11,16H2,1-4H3,(H,23,24). The lowest BCUT2D eigenvalue weighted by Gasteiger charge is -2.28. The summed E-state index contributed by atoms with van der Waals surface area (Å²) in [5.74, 6) is -0.766. The highest BCUT2D eigenvalue weighted by Crippen LogP contribution is 2.29. The molecular formula is C22H34O8Si. The average molecular weight is 455 g/mol. The molecule has 0 radical (unpaired) electrons. The Kier molecular flexibility index (Phi) is 12.8. The van der Waals surface area contributed by atoms with E-state index >= 15 is 0 Å². The number of methoxy groups -OCH3 is 1. The lowest BCUT2D eigenvalue weighted by molar-refractivity contribution is -0.134. The molecule has 1 aromatic rings. The zero-order valence-corrected chi connectivity index (χ0v) is 19.8. The second kappa shape index (κ2) is 14.7. The summed E-state index contributed by atoms with van der Waals surface area (Å²) >= 11 is 0. The summed E-state index contributed by atoms with van der Waals surface area (Å²) in [7, 11) is -1.17. The van der Waals surface area contributed by atoms with Gasteiger partial charge in [-0.05, 0) is 57.4 Å². The SMILES string of the molecule is CCO[Si](CCCCCC(=O)Oc1cc(C=CC(=O)O)ccc1OC)(OCC)OCC. The van der Waals surface area contributed by atoms with Crippen LogP contribution < -0.4 is 9.47 Å². The van der Waals surface area contributed by atoms with Crippen LogP contribution >= 0.6 is 0 Å². The predicted octanol–water partition coefficient (Wildman–Crippen LogP) is 4.31. The number of hydrogen-bond donors (Lipinski definition) is 1. The highest BCUT2D eigenvalue weighted by atomic mass is 28.4. The number of carbonyl (C=O) groups is 2. The molecule has 0 amide bonds. The molecule has 1 aromatic carbocycles. The molecule has 0 spiro atoms. The van der Waals surface area contributed by atoms with Crippen LogP contribution in [0, 0.1) is 0 Å². The van der Waals surface area contributed by atoms with Crippen LogP contribution in [-0.4, -0.2) is 52.8 Å². The van der Waals surface area contributed by atoms with E-state index in [1.54, 1.807) is 18.2 Å². The Morgan fingerprint density at radius 2 is 1.61 bits per heavy atom. The lowest BCUT2D eigenvalue weighted by atomic mass is 10.2. The summed E-state index contributed by atoms with van der Waals surface area (Å²) in [5.41, 5.74) is 0.593. The van der Waals surface area contributed by atoms with Crippen LogP contribution in [0.5, 0.6) is 11.5 Å². The van der Waals surface area contributed by atoms with Crippen LogP contribution in [0.4, 0.5) is 0 Å². The quantitative estimate of drug-likeness (QED) is 0.130. The molecule has 174 valence electrons. The number of aliphatic carboxylic acids is 1. The van der Waals surface area contributed by atoms with E-state index in [4.69, 9.17) is 27.9 Å². The molecule has 0 saturated carbocycles. The van der Waals surface area contributed by atoms with Gasteiger partial charge in [0.2, 0.25) is 0 Å². The van der Waals surface area contributed by atoms with Crippen molar-refractivity contribution in [1.82, 2.24) is 0 Å². The minimum absolute atomic E-state index is 0.255. The van der Waals surface area contributed by atoms with Gasteiger partial charge in [-0.3, -0.25) is 4.79 Å². The van der Waals surface area contributed by atoms with Crippen LogP contribution in [0.25, 0.3) is 6.08 Å². The van der Waals surface area contributed by atoms with Crippen LogP contribution in [0.3, 0.4) is 0 Å². The summed E-state index contributed by atoms with van der Waals surface area (Å²) in [5, 5.41) is 8.75. The van der Waals surface area contributed by atoms with Crippen molar-refractivity contribution in [3.8, 4) is 11.5 Å². The molecule has 31 heavy (non-hydrogen) atoms. The molecule has 0 atom stereocenters. The lowest BCUT2D eigenvalue weighted by Crippen LogP contribution is -2.45. The number of carboxylic acids is 1. The minimum atomic E-state index is -2.65. The van der Waals surface area contributed by atoms with E-state index in [-0.39, 0.29) is 18.1 Å². The number of esters is 1. The maximum absolute atomic E-state index is 12.3. The Labute approximate surface area is 185 Å². The van der Waals surface area contributed by atoms with Crippen LogP contribution in [0.2, 0.25) is 6.04 Å². The molecule has 0 aliphatic heterocycles. The molecular weight excluding hydrogens is 420 g/mol. The van der Waals surface area contributed by atoms with Gasteiger partial charge in [0, 0.05) is 38.4 Å². The fourth-order valence-electron chi connectivity index (χ4n) is 3.01. The van der Waals surface area contributed by atoms with Gasteiger partial charge < -0.3 is 27.9 Å². The Morgan fingerprint density at radius 3 is 2.16 bits per heavy atom. The third kappa shape index (κ3) is 10.1. The smallest absolute Gasteiger partial charge is 0.493 e. The van der Waals surface area contributed by atoms with Crippen LogP contribution in [0.1, 0.15) is 52.0 Å². The van der Waals surface area contributed by atoms with Gasteiger partial charge >= 0.3 is 20.7 Å². The number of carbonyl (C=O) groups excluding carboxylic acids is 1. The van der Waals surface area contributed by atoms with E-state index < -0.39 is 14.8 Å². The average Bonchev–Trinajstić information content (AvgIpc) is 2.72. The number of rotatable bonds is 16. The van der Waals surface area contributed by atoms with Gasteiger partial charge in [0.05, 0.1) is 7.11 Å². The monoisotopic (exact) mass is 454 g/mol. The van der Waals surface area contributed by atoms with E-state index in [9.17, 15) is 9.59 Å². The van der Waals surface area contributed by atoms with E-state index in [1.165, 1.54) is 13.2 Å². The Hall–Kier alpha value is -2.20. The van der Waals surface area contributed by atoms with Crippen molar-refractivity contribution in [2.75, 3.05) is 26.9 Å². The van der Waals surface area contributed by atoms with E-state index in [0.717, 1.165) is 18.9 Å². The molecule has 0 fully saturated rings. The number of ether oxygens (including phenoxy) is 2. The van der Waals surface area contributed by atoms with Gasteiger partial charge in [0.1, 0.15) is 0 Å². The topological polar surface area (TPSA) is 101 Å². The fraction of sp³-hybridized carbons (Fsp3) is 0.545. The summed E-state index contributed by atoms with van der Waals surface area (Å²) in [6.45, 7) is 7.41. The molecule has 8 nitrogen and oxygen atoms in total. The second-order valence-electron chi connectivity index (χ2n) is 6.60. The van der Waals surface area contributed by atoms with Crippen LogP contribution in [0.15, 0.2) is 24.3 Å². The summed E-state index contributed by atoms with van der Waals surface area (Å²) in [6, 6.07) is 5.59. The Balaban J connectivity index is 2.56. The van der Waals surface area contributed by atoms with Gasteiger partial charge in [0.15, 0.2) is 11.5 Å². The maximum Gasteiger partial charge on any atom is 0.500 e. The number of unbranched alkanes of at least 4 members (excludes halogenated alkanes) is 2. The van der Waals surface area contributed by atoms with Crippen molar-refractivity contribution < 1.29 is 37.4 Å². The summed E-state index contributed by atoms with van der Waals surface area (Å²) in [6.07, 6.45) is 5.00. The largest absolute Gasteiger partial charge is 0.500 e. The summed E-state index contributed by atoms with van der Waals surface area (Å²) < 4.78 is 28.2. The number of hydrogen-bond acceptors (Lipinski definition) is 7.